The van der Waals surface area contributed by atoms with Crippen molar-refractivity contribution in [2.24, 2.45) is 11.5 Å². The van der Waals surface area contributed by atoms with Crippen molar-refractivity contribution in [1.82, 2.24) is 25.9 Å². The lowest BCUT2D eigenvalue weighted by atomic mass is 10.1. The van der Waals surface area contributed by atoms with Crippen LogP contribution in [0.3, 0.4) is 0 Å². The maximum Gasteiger partial charge on any atom is 0.328 e. The molecule has 0 radical (unpaired) electrons. The highest BCUT2D eigenvalue weighted by Gasteiger charge is 2.32. The summed E-state index contributed by atoms with van der Waals surface area (Å²) in [7, 11) is 0. The first-order valence-corrected chi connectivity index (χ1v) is 10.9. The number of hydrogen-bond acceptors (Lipinski definition) is 9. The number of aliphatic hydroxyl groups is 1. The molecule has 1 rings (SSSR count). The molecular formula is C20H31N7O9. The van der Waals surface area contributed by atoms with Crippen molar-refractivity contribution < 1.29 is 44.1 Å². The van der Waals surface area contributed by atoms with Crippen LogP contribution in [0.2, 0.25) is 0 Å². The van der Waals surface area contributed by atoms with Gasteiger partial charge in [-0.3, -0.25) is 24.0 Å². The predicted octanol–water partition coefficient (Wildman–Crippen LogP) is -3.67. The number of aliphatic carboxylic acids is 2. The van der Waals surface area contributed by atoms with E-state index in [1.807, 2.05) is 0 Å². The molecular weight excluding hydrogens is 482 g/mol. The third kappa shape index (κ3) is 10.5. The smallest absolute Gasteiger partial charge is 0.328 e. The summed E-state index contributed by atoms with van der Waals surface area (Å²) in [5.74, 6) is -6.19. The van der Waals surface area contributed by atoms with E-state index in [-0.39, 0.29) is 25.7 Å². The molecule has 0 fully saturated rings. The number of primary amides is 1. The van der Waals surface area contributed by atoms with Crippen molar-refractivity contribution in [3.05, 3.63) is 18.2 Å². The Morgan fingerprint density at radius 3 is 2.08 bits per heavy atom. The SMILES string of the molecule is CC(O)C(NC(=O)C(Cc1cnc[nH]1)NC(=O)C(CCC(N)=O)NC(=O)C(N)CCC(=O)O)C(=O)O. The average molecular weight is 514 g/mol. The fourth-order valence-electron chi connectivity index (χ4n) is 2.98. The molecule has 0 saturated carbocycles. The van der Waals surface area contributed by atoms with Gasteiger partial charge in [-0.05, 0) is 19.8 Å². The summed E-state index contributed by atoms with van der Waals surface area (Å²) in [5.41, 5.74) is 11.2. The molecule has 5 atom stereocenters. The van der Waals surface area contributed by atoms with Crippen molar-refractivity contribution >= 4 is 35.6 Å². The van der Waals surface area contributed by atoms with Crippen LogP contribution in [0.4, 0.5) is 0 Å². The van der Waals surface area contributed by atoms with Gasteiger partial charge in [-0.2, -0.15) is 0 Å². The van der Waals surface area contributed by atoms with E-state index in [0.29, 0.717) is 5.69 Å². The van der Waals surface area contributed by atoms with Gasteiger partial charge in [-0.25, -0.2) is 9.78 Å². The standard InChI is InChI=1S/C20H31N7O9/c1-9(28)16(20(35)36)27-19(34)13(6-10-7-23-8-24-10)26-18(33)12(3-4-14(22)29)25-17(32)11(21)2-5-15(30)31/h7-9,11-13,16,28H,2-6,21H2,1H3,(H2,22,29)(H,23,24)(H,25,32)(H,26,33)(H,27,34)(H,30,31)(H,35,36). The van der Waals surface area contributed by atoms with Crippen molar-refractivity contribution in [3.63, 3.8) is 0 Å². The molecule has 5 unspecified atom stereocenters. The molecule has 36 heavy (non-hydrogen) atoms. The number of aromatic nitrogens is 2. The van der Waals surface area contributed by atoms with Crippen LogP contribution in [0.15, 0.2) is 12.5 Å². The zero-order valence-corrected chi connectivity index (χ0v) is 19.5. The van der Waals surface area contributed by atoms with Crippen LogP contribution in [0, 0.1) is 0 Å². The first-order chi connectivity index (χ1) is 16.8. The topological polar surface area (TPSA) is 280 Å². The van der Waals surface area contributed by atoms with Gasteiger partial charge in [-0.15, -0.1) is 0 Å². The van der Waals surface area contributed by atoms with E-state index < -0.39 is 72.3 Å². The summed E-state index contributed by atoms with van der Waals surface area (Å²) in [6.07, 6.45) is -0.131. The van der Waals surface area contributed by atoms with E-state index in [4.69, 9.17) is 16.6 Å². The minimum atomic E-state index is -1.67. The van der Waals surface area contributed by atoms with E-state index in [1.54, 1.807) is 0 Å². The van der Waals surface area contributed by atoms with Crippen LogP contribution < -0.4 is 27.4 Å². The van der Waals surface area contributed by atoms with Gasteiger partial charge < -0.3 is 47.7 Å². The summed E-state index contributed by atoms with van der Waals surface area (Å²) < 4.78 is 0. The second-order valence-electron chi connectivity index (χ2n) is 8.01. The van der Waals surface area contributed by atoms with Gasteiger partial charge in [0.25, 0.3) is 0 Å². The number of hydrogen-bond donors (Lipinski definition) is 9. The Morgan fingerprint density at radius 1 is 0.972 bits per heavy atom. The van der Waals surface area contributed by atoms with E-state index in [2.05, 4.69) is 25.9 Å². The van der Waals surface area contributed by atoms with E-state index in [0.717, 1.165) is 6.92 Å². The number of carboxylic acid groups (broad SMARTS) is 2. The van der Waals surface area contributed by atoms with Gasteiger partial charge in [-0.1, -0.05) is 0 Å². The van der Waals surface area contributed by atoms with E-state index in [1.165, 1.54) is 12.5 Å². The van der Waals surface area contributed by atoms with Crippen LogP contribution in [-0.2, 0) is 35.2 Å². The number of nitrogens with two attached hydrogens (primary N) is 2. The van der Waals surface area contributed by atoms with Crippen LogP contribution in [0.5, 0.6) is 0 Å². The van der Waals surface area contributed by atoms with Gasteiger partial charge in [0.05, 0.1) is 18.5 Å². The molecule has 0 bridgehead atoms. The molecule has 0 aliphatic carbocycles. The van der Waals surface area contributed by atoms with Crippen LogP contribution in [-0.4, -0.2) is 91.1 Å². The van der Waals surface area contributed by atoms with E-state index >= 15 is 0 Å². The highest BCUT2D eigenvalue weighted by molar-refractivity contribution is 5.94. The van der Waals surface area contributed by atoms with Crippen LogP contribution >= 0.6 is 0 Å². The lowest BCUT2D eigenvalue weighted by molar-refractivity contribution is -0.145. The Morgan fingerprint density at radius 2 is 1.58 bits per heavy atom. The van der Waals surface area contributed by atoms with Crippen molar-refractivity contribution in [2.75, 3.05) is 0 Å². The number of carbonyl (C=O) groups excluding carboxylic acids is 4. The highest BCUT2D eigenvalue weighted by atomic mass is 16.4. The molecule has 0 aliphatic heterocycles. The quantitative estimate of drug-likeness (QED) is 0.104. The Labute approximate surface area is 205 Å². The first kappa shape index (κ1) is 30.0. The average Bonchev–Trinajstić information content (AvgIpc) is 3.30. The number of amides is 4. The lowest BCUT2D eigenvalue weighted by Gasteiger charge is -2.25. The van der Waals surface area contributed by atoms with Crippen LogP contribution in [0.25, 0.3) is 0 Å². The number of nitrogens with zero attached hydrogens (tertiary/aromatic N) is 1. The molecule has 4 amide bonds. The number of carbonyl (C=O) groups is 6. The predicted molar refractivity (Wildman–Crippen MR) is 121 cm³/mol. The number of carboxylic acids is 2. The second kappa shape index (κ2) is 14.4. The van der Waals surface area contributed by atoms with Gasteiger partial charge >= 0.3 is 11.9 Å². The minimum absolute atomic E-state index is 0.168. The fraction of sp³-hybridized carbons (Fsp3) is 0.550. The van der Waals surface area contributed by atoms with Gasteiger partial charge in [0, 0.05) is 31.2 Å². The zero-order valence-electron chi connectivity index (χ0n) is 19.5. The Hall–Kier alpha value is -4.05. The Balaban J connectivity index is 3.07. The molecule has 1 heterocycles. The molecule has 0 saturated heterocycles. The maximum absolute atomic E-state index is 13.0. The van der Waals surface area contributed by atoms with Gasteiger partial charge in [0.1, 0.15) is 12.1 Å². The summed E-state index contributed by atoms with van der Waals surface area (Å²) in [6, 6.07) is -5.70. The second-order valence-corrected chi connectivity index (χ2v) is 8.01. The third-order valence-corrected chi connectivity index (χ3v) is 4.98. The molecule has 0 aromatic carbocycles. The number of rotatable bonds is 16. The molecule has 16 nitrogen and oxygen atoms in total. The molecule has 16 heteroatoms. The Bertz CT molecular complexity index is 936. The molecule has 1 aromatic rings. The largest absolute Gasteiger partial charge is 0.481 e. The normalized spacial score (nSPS) is 15.0. The number of aromatic amines is 1. The zero-order chi connectivity index (χ0) is 27.4. The monoisotopic (exact) mass is 513 g/mol. The van der Waals surface area contributed by atoms with Crippen molar-refractivity contribution in [2.45, 2.75) is 69.3 Å². The minimum Gasteiger partial charge on any atom is -0.481 e. The Kier molecular flexibility index (Phi) is 12.0. The lowest BCUT2D eigenvalue weighted by Crippen LogP contribution is -2.58. The van der Waals surface area contributed by atoms with E-state index in [9.17, 15) is 39.0 Å². The number of H-pyrrole nitrogens is 1. The first-order valence-electron chi connectivity index (χ1n) is 10.9. The number of nitrogens with one attached hydrogen (secondary N) is 4. The summed E-state index contributed by atoms with van der Waals surface area (Å²) in [6.45, 7) is 1.16. The van der Waals surface area contributed by atoms with Crippen LogP contribution in [0.1, 0.15) is 38.3 Å². The van der Waals surface area contributed by atoms with Gasteiger partial charge in [0.15, 0.2) is 6.04 Å². The summed E-state index contributed by atoms with van der Waals surface area (Å²) in [4.78, 5) is 78.0. The van der Waals surface area contributed by atoms with Crippen molar-refractivity contribution in [1.29, 1.82) is 0 Å². The summed E-state index contributed by atoms with van der Waals surface area (Å²) in [5, 5.41) is 34.5. The fourth-order valence-corrected chi connectivity index (χ4v) is 2.98. The molecule has 0 spiro atoms. The molecule has 1 aromatic heterocycles. The van der Waals surface area contributed by atoms with Crippen molar-refractivity contribution in [3.8, 4) is 0 Å². The number of imidazole rings is 1. The highest BCUT2D eigenvalue weighted by Crippen LogP contribution is 2.05. The molecule has 200 valence electrons. The molecule has 11 N–H and O–H groups in total. The third-order valence-electron chi connectivity index (χ3n) is 4.98. The number of aliphatic hydroxyl groups excluding tert-OH is 1. The molecule has 0 aliphatic rings. The maximum atomic E-state index is 13.0. The summed E-state index contributed by atoms with van der Waals surface area (Å²) >= 11 is 0. The van der Waals surface area contributed by atoms with Gasteiger partial charge in [0.2, 0.25) is 23.6 Å².